The third-order valence-corrected chi connectivity index (χ3v) is 5.72. The minimum Gasteiger partial charge on any atom is -0.355 e. The molecular formula is C21H24N2O. The Labute approximate surface area is 143 Å². The topological polar surface area (TPSA) is 32.3 Å². The van der Waals surface area contributed by atoms with Gasteiger partial charge in [0.15, 0.2) is 0 Å². The van der Waals surface area contributed by atoms with Gasteiger partial charge in [0.05, 0.1) is 5.92 Å². The minimum atomic E-state index is 0.0116. The fourth-order valence-electron chi connectivity index (χ4n) is 4.36. The molecule has 1 N–H and O–H groups in total. The number of amides is 1. The molecule has 2 aliphatic heterocycles. The van der Waals surface area contributed by atoms with Gasteiger partial charge in [-0.05, 0) is 37.1 Å². The normalized spacial score (nSPS) is 23.3. The molecule has 0 aromatic heterocycles. The van der Waals surface area contributed by atoms with Crippen molar-refractivity contribution >= 4 is 5.91 Å². The van der Waals surface area contributed by atoms with Gasteiger partial charge in [0.2, 0.25) is 5.91 Å². The van der Waals surface area contributed by atoms with Crippen molar-refractivity contribution in [3.8, 4) is 0 Å². The number of hydrogen-bond donors (Lipinski definition) is 1. The van der Waals surface area contributed by atoms with Gasteiger partial charge in [-0.3, -0.25) is 9.69 Å². The number of piperidine rings is 1. The number of carbonyl (C=O) groups excluding carboxylic acids is 1. The third kappa shape index (κ3) is 2.84. The van der Waals surface area contributed by atoms with Crippen molar-refractivity contribution in [3.05, 3.63) is 71.8 Å². The summed E-state index contributed by atoms with van der Waals surface area (Å²) in [7, 11) is 0. The second-order valence-corrected chi connectivity index (χ2v) is 7.19. The molecule has 2 fully saturated rings. The lowest BCUT2D eigenvalue weighted by molar-refractivity contribution is -0.121. The maximum atomic E-state index is 12.5. The summed E-state index contributed by atoms with van der Waals surface area (Å²) in [6.45, 7) is 3.96. The molecule has 1 amide bonds. The van der Waals surface area contributed by atoms with Crippen LogP contribution in [0.2, 0.25) is 0 Å². The zero-order valence-electron chi connectivity index (χ0n) is 13.9. The van der Waals surface area contributed by atoms with Crippen molar-refractivity contribution < 1.29 is 4.79 Å². The summed E-state index contributed by atoms with van der Waals surface area (Å²) in [5.74, 6) is 0.218. The van der Waals surface area contributed by atoms with E-state index in [4.69, 9.17) is 0 Å². The maximum absolute atomic E-state index is 12.5. The Morgan fingerprint density at radius 2 is 1.58 bits per heavy atom. The van der Waals surface area contributed by atoms with Gasteiger partial charge in [-0.25, -0.2) is 0 Å². The molecule has 3 heteroatoms. The fourth-order valence-corrected chi connectivity index (χ4v) is 4.36. The van der Waals surface area contributed by atoms with Gasteiger partial charge < -0.3 is 5.32 Å². The highest BCUT2D eigenvalue weighted by molar-refractivity contribution is 5.87. The van der Waals surface area contributed by atoms with Crippen LogP contribution in [0.5, 0.6) is 0 Å². The first-order valence-electron chi connectivity index (χ1n) is 8.86. The first kappa shape index (κ1) is 15.4. The molecule has 0 aliphatic carbocycles. The summed E-state index contributed by atoms with van der Waals surface area (Å²) in [5, 5.41) is 3.14. The van der Waals surface area contributed by atoms with Gasteiger partial charge in [0.1, 0.15) is 0 Å². The molecule has 2 aromatic carbocycles. The Morgan fingerprint density at radius 1 is 0.958 bits per heavy atom. The molecule has 0 unspecified atom stereocenters. The molecule has 124 valence electrons. The van der Waals surface area contributed by atoms with Gasteiger partial charge in [-0.2, -0.15) is 0 Å². The van der Waals surface area contributed by atoms with Crippen LogP contribution in [0.25, 0.3) is 0 Å². The highest BCUT2D eigenvalue weighted by atomic mass is 16.2. The van der Waals surface area contributed by atoms with Crippen molar-refractivity contribution in [1.82, 2.24) is 10.2 Å². The van der Waals surface area contributed by atoms with Gasteiger partial charge in [-0.15, -0.1) is 0 Å². The monoisotopic (exact) mass is 320 g/mol. The summed E-state index contributed by atoms with van der Waals surface area (Å²) in [6, 6.07) is 21.0. The van der Waals surface area contributed by atoms with E-state index in [1.165, 1.54) is 11.1 Å². The van der Waals surface area contributed by atoms with Crippen LogP contribution in [0.15, 0.2) is 60.7 Å². The molecule has 1 atom stereocenters. The van der Waals surface area contributed by atoms with E-state index in [1.54, 1.807) is 0 Å². The minimum absolute atomic E-state index is 0.0116. The second kappa shape index (κ2) is 6.40. The van der Waals surface area contributed by atoms with E-state index in [0.29, 0.717) is 0 Å². The third-order valence-electron chi connectivity index (χ3n) is 5.72. The molecule has 1 spiro atoms. The Kier molecular flexibility index (Phi) is 4.11. The number of carbonyl (C=O) groups is 1. The van der Waals surface area contributed by atoms with Gasteiger partial charge in [0, 0.05) is 18.5 Å². The van der Waals surface area contributed by atoms with Crippen LogP contribution in [0, 0.1) is 5.41 Å². The van der Waals surface area contributed by atoms with Crippen molar-refractivity contribution in [2.45, 2.75) is 25.3 Å². The molecule has 3 nitrogen and oxygen atoms in total. The lowest BCUT2D eigenvalue weighted by atomic mass is 9.68. The van der Waals surface area contributed by atoms with Crippen molar-refractivity contribution in [3.63, 3.8) is 0 Å². The zero-order chi connectivity index (χ0) is 16.4. The van der Waals surface area contributed by atoms with Crippen LogP contribution in [0.1, 0.15) is 29.9 Å². The Balaban J connectivity index is 1.48. The maximum Gasteiger partial charge on any atom is 0.228 e. The summed E-state index contributed by atoms with van der Waals surface area (Å²) >= 11 is 0. The predicted molar refractivity (Wildman–Crippen MR) is 95.6 cm³/mol. The highest BCUT2D eigenvalue weighted by Crippen LogP contribution is 2.47. The standard InChI is InChI=1S/C21H24N2O/c24-20-19(18-9-5-2-6-10-18)21(16-22-20)11-13-23(14-12-21)15-17-7-3-1-4-8-17/h1-10,19H,11-16H2,(H,22,24)/t19-/m0/s1. The molecule has 2 aromatic rings. The summed E-state index contributed by atoms with van der Waals surface area (Å²) < 4.78 is 0. The number of rotatable bonds is 3. The van der Waals surface area contributed by atoms with E-state index in [2.05, 4.69) is 52.7 Å². The molecule has 0 saturated carbocycles. The summed E-state index contributed by atoms with van der Waals surface area (Å²) in [6.07, 6.45) is 2.16. The predicted octanol–water partition coefficient (Wildman–Crippen LogP) is 3.18. The van der Waals surface area contributed by atoms with Gasteiger partial charge in [0.25, 0.3) is 0 Å². The average molecular weight is 320 g/mol. The number of benzene rings is 2. The number of nitrogens with zero attached hydrogens (tertiary/aromatic N) is 1. The summed E-state index contributed by atoms with van der Waals surface area (Å²) in [4.78, 5) is 15.0. The van der Waals surface area contributed by atoms with Crippen LogP contribution in [0.3, 0.4) is 0 Å². The molecule has 2 aliphatic rings. The van der Waals surface area contributed by atoms with Gasteiger partial charge in [-0.1, -0.05) is 60.7 Å². The molecule has 0 radical (unpaired) electrons. The van der Waals surface area contributed by atoms with Crippen LogP contribution in [-0.2, 0) is 11.3 Å². The average Bonchev–Trinajstić information content (AvgIpc) is 2.95. The second-order valence-electron chi connectivity index (χ2n) is 7.19. The largest absolute Gasteiger partial charge is 0.355 e. The Hall–Kier alpha value is -2.13. The quantitative estimate of drug-likeness (QED) is 0.942. The van der Waals surface area contributed by atoms with E-state index in [9.17, 15) is 4.79 Å². The van der Waals surface area contributed by atoms with Crippen LogP contribution in [-0.4, -0.2) is 30.4 Å². The lowest BCUT2D eigenvalue weighted by Crippen LogP contribution is -2.43. The zero-order valence-corrected chi connectivity index (χ0v) is 13.9. The highest BCUT2D eigenvalue weighted by Gasteiger charge is 2.50. The fraction of sp³-hybridized carbons (Fsp3) is 0.381. The SMILES string of the molecule is O=C1NCC2(CCN(Cc3ccccc3)CC2)[C@H]1c1ccccc1. The van der Waals surface area contributed by atoms with E-state index in [0.717, 1.165) is 39.0 Å². The Bertz CT molecular complexity index is 690. The van der Waals surface area contributed by atoms with Crippen molar-refractivity contribution in [2.24, 2.45) is 5.41 Å². The van der Waals surface area contributed by atoms with E-state index in [-0.39, 0.29) is 17.2 Å². The van der Waals surface area contributed by atoms with E-state index >= 15 is 0 Å². The van der Waals surface area contributed by atoms with Crippen molar-refractivity contribution in [1.29, 1.82) is 0 Å². The summed E-state index contributed by atoms with van der Waals surface area (Å²) in [5.41, 5.74) is 2.63. The first-order chi connectivity index (χ1) is 11.8. The van der Waals surface area contributed by atoms with E-state index < -0.39 is 0 Å². The molecular weight excluding hydrogens is 296 g/mol. The molecule has 2 heterocycles. The number of hydrogen-bond acceptors (Lipinski definition) is 2. The molecule has 4 rings (SSSR count). The lowest BCUT2D eigenvalue weighted by Gasteiger charge is -2.41. The first-order valence-corrected chi connectivity index (χ1v) is 8.86. The smallest absolute Gasteiger partial charge is 0.228 e. The molecule has 24 heavy (non-hydrogen) atoms. The van der Waals surface area contributed by atoms with Crippen molar-refractivity contribution in [2.75, 3.05) is 19.6 Å². The molecule has 0 bridgehead atoms. The van der Waals surface area contributed by atoms with E-state index in [1.807, 2.05) is 18.2 Å². The number of nitrogens with one attached hydrogen (secondary N) is 1. The van der Waals surface area contributed by atoms with Crippen LogP contribution >= 0.6 is 0 Å². The van der Waals surface area contributed by atoms with Crippen LogP contribution < -0.4 is 5.32 Å². The Morgan fingerprint density at radius 3 is 2.25 bits per heavy atom. The number of likely N-dealkylation sites (tertiary alicyclic amines) is 1. The molecule has 2 saturated heterocycles. The van der Waals surface area contributed by atoms with Gasteiger partial charge >= 0.3 is 0 Å². The van der Waals surface area contributed by atoms with Crippen LogP contribution in [0.4, 0.5) is 0 Å².